The van der Waals surface area contributed by atoms with Gasteiger partial charge in [0.1, 0.15) is 17.4 Å². The lowest BCUT2D eigenvalue weighted by molar-refractivity contribution is -0.141. The third-order valence-electron chi connectivity index (χ3n) is 4.08. The fourth-order valence-electron chi connectivity index (χ4n) is 2.83. The van der Waals surface area contributed by atoms with Gasteiger partial charge in [-0.2, -0.15) is 5.26 Å². The molecule has 1 aromatic rings. The maximum atomic E-state index is 12.6. The molecule has 1 aliphatic carbocycles. The molecule has 0 spiro atoms. The minimum Gasteiger partial charge on any atom is -0.425 e. The minimum atomic E-state index is -0.806. The zero-order chi connectivity index (χ0) is 16.9. The molecule has 1 fully saturated rings. The molecule has 0 aliphatic heterocycles. The zero-order valence-electron chi connectivity index (χ0n) is 13.3. The van der Waals surface area contributed by atoms with E-state index in [1.165, 1.54) is 19.1 Å². The number of carbonyl (C=O) groups excluding carboxylic acids is 2. The molecule has 1 aromatic carbocycles. The summed E-state index contributed by atoms with van der Waals surface area (Å²) in [6.07, 6.45) is 4.39. The van der Waals surface area contributed by atoms with E-state index in [0.717, 1.165) is 19.3 Å². The summed E-state index contributed by atoms with van der Waals surface area (Å²) in [5, 5.41) is 12.0. The molecule has 0 atom stereocenters. The van der Waals surface area contributed by atoms with Gasteiger partial charge < -0.3 is 14.8 Å². The van der Waals surface area contributed by atoms with Crippen LogP contribution in [-0.2, 0) is 14.3 Å². The fraction of sp³-hybridized carbons (Fsp3) is 0.471. The number of esters is 1. The smallest absolute Gasteiger partial charge is 0.308 e. The van der Waals surface area contributed by atoms with Crippen LogP contribution in [0.25, 0.3) is 0 Å². The number of amides is 1. The van der Waals surface area contributed by atoms with Crippen LogP contribution < -0.4 is 10.1 Å². The lowest BCUT2D eigenvalue weighted by atomic mass is 9.84. The molecule has 1 N–H and O–H groups in total. The molecule has 0 bridgehead atoms. The largest absolute Gasteiger partial charge is 0.425 e. The number of methoxy groups -OCH3 is 1. The van der Waals surface area contributed by atoms with Crippen LogP contribution in [-0.4, -0.2) is 24.6 Å². The van der Waals surface area contributed by atoms with Gasteiger partial charge in [0.05, 0.1) is 5.56 Å². The highest BCUT2D eigenvalue weighted by molar-refractivity contribution is 5.97. The number of rotatable bonds is 4. The average Bonchev–Trinajstić information content (AvgIpc) is 2.56. The molecule has 6 nitrogen and oxygen atoms in total. The van der Waals surface area contributed by atoms with E-state index >= 15 is 0 Å². The van der Waals surface area contributed by atoms with Gasteiger partial charge in [0.15, 0.2) is 0 Å². The van der Waals surface area contributed by atoms with Crippen molar-refractivity contribution in [2.45, 2.75) is 44.6 Å². The van der Waals surface area contributed by atoms with E-state index in [1.807, 2.05) is 6.07 Å². The van der Waals surface area contributed by atoms with Gasteiger partial charge in [-0.05, 0) is 31.0 Å². The van der Waals surface area contributed by atoms with Crippen LogP contribution in [0.2, 0.25) is 0 Å². The fourth-order valence-corrected chi connectivity index (χ4v) is 2.83. The van der Waals surface area contributed by atoms with Crippen molar-refractivity contribution in [3.63, 3.8) is 0 Å². The van der Waals surface area contributed by atoms with Crippen molar-refractivity contribution in [1.82, 2.24) is 0 Å². The van der Waals surface area contributed by atoms with Crippen LogP contribution in [0.3, 0.4) is 0 Å². The van der Waals surface area contributed by atoms with Crippen LogP contribution in [0.1, 0.15) is 44.6 Å². The second kappa shape index (κ2) is 7.25. The Kier molecular flexibility index (Phi) is 5.35. The van der Waals surface area contributed by atoms with Crippen molar-refractivity contribution in [3.05, 3.63) is 23.8 Å². The van der Waals surface area contributed by atoms with Crippen molar-refractivity contribution in [2.75, 3.05) is 12.4 Å². The zero-order valence-corrected chi connectivity index (χ0v) is 13.3. The Labute approximate surface area is 135 Å². The summed E-state index contributed by atoms with van der Waals surface area (Å²) >= 11 is 0. The summed E-state index contributed by atoms with van der Waals surface area (Å²) < 4.78 is 10.5. The average molecular weight is 316 g/mol. The van der Waals surface area contributed by atoms with Crippen LogP contribution >= 0.6 is 0 Å². The van der Waals surface area contributed by atoms with Crippen LogP contribution in [0, 0.1) is 11.3 Å². The molecular weight excluding hydrogens is 296 g/mol. The number of hydrogen-bond acceptors (Lipinski definition) is 5. The first kappa shape index (κ1) is 17.0. The van der Waals surface area contributed by atoms with Gasteiger partial charge in [-0.1, -0.05) is 19.3 Å². The number of nitriles is 1. The van der Waals surface area contributed by atoms with Gasteiger partial charge in [-0.15, -0.1) is 0 Å². The lowest BCUT2D eigenvalue weighted by Crippen LogP contribution is -2.46. The quantitative estimate of drug-likeness (QED) is 0.681. The van der Waals surface area contributed by atoms with Gasteiger partial charge in [-0.25, -0.2) is 0 Å². The SMILES string of the molecule is COC1(C(=O)Nc2ccc(OC(C)=O)c(C#N)c2)CCCCC1. The minimum absolute atomic E-state index is 0.178. The van der Waals surface area contributed by atoms with Gasteiger partial charge >= 0.3 is 5.97 Å². The van der Waals surface area contributed by atoms with Crippen molar-refractivity contribution in [1.29, 1.82) is 5.26 Å². The Balaban J connectivity index is 2.18. The van der Waals surface area contributed by atoms with Crippen molar-refractivity contribution >= 4 is 17.6 Å². The topological polar surface area (TPSA) is 88.4 Å². The third-order valence-corrected chi connectivity index (χ3v) is 4.08. The van der Waals surface area contributed by atoms with Crippen molar-refractivity contribution < 1.29 is 19.1 Å². The molecule has 1 aliphatic rings. The predicted octanol–water partition coefficient (Wildman–Crippen LogP) is 2.77. The van der Waals surface area contributed by atoms with Gasteiger partial charge in [0, 0.05) is 19.7 Å². The molecule has 2 rings (SSSR count). The first-order valence-electron chi connectivity index (χ1n) is 7.60. The van der Waals surface area contributed by atoms with Gasteiger partial charge in [0.25, 0.3) is 5.91 Å². The molecule has 0 radical (unpaired) electrons. The molecule has 0 saturated heterocycles. The standard InChI is InChI=1S/C17H20N2O4/c1-12(20)23-15-7-6-14(10-13(15)11-18)19-16(21)17(22-2)8-4-3-5-9-17/h6-7,10H,3-5,8-9H2,1-2H3,(H,19,21). The Morgan fingerprint density at radius 2 is 1.96 bits per heavy atom. The number of carbonyl (C=O) groups is 2. The maximum absolute atomic E-state index is 12.6. The molecule has 0 aromatic heterocycles. The molecule has 6 heteroatoms. The van der Waals surface area contributed by atoms with Crippen LogP contribution in [0.15, 0.2) is 18.2 Å². The Morgan fingerprint density at radius 3 is 2.52 bits per heavy atom. The highest BCUT2D eigenvalue weighted by atomic mass is 16.5. The second-order valence-electron chi connectivity index (χ2n) is 5.63. The van der Waals surface area contributed by atoms with E-state index in [-0.39, 0.29) is 17.2 Å². The number of nitrogens with one attached hydrogen (secondary N) is 1. The van der Waals surface area contributed by atoms with E-state index in [1.54, 1.807) is 13.2 Å². The summed E-state index contributed by atoms with van der Waals surface area (Å²) in [5.41, 5.74) is -0.142. The Bertz CT molecular complexity index is 642. The molecule has 23 heavy (non-hydrogen) atoms. The molecular formula is C17H20N2O4. The van der Waals surface area contributed by atoms with Crippen LogP contribution in [0.5, 0.6) is 5.75 Å². The number of anilines is 1. The number of nitrogens with zero attached hydrogens (tertiary/aromatic N) is 1. The molecule has 1 saturated carbocycles. The van der Waals surface area contributed by atoms with Gasteiger partial charge in [-0.3, -0.25) is 9.59 Å². The maximum Gasteiger partial charge on any atom is 0.308 e. The number of ether oxygens (including phenoxy) is 2. The predicted molar refractivity (Wildman–Crippen MR) is 83.9 cm³/mol. The van der Waals surface area contributed by atoms with E-state index < -0.39 is 11.6 Å². The number of benzene rings is 1. The molecule has 122 valence electrons. The Hall–Kier alpha value is -2.39. The third kappa shape index (κ3) is 3.88. The molecule has 0 unspecified atom stereocenters. The van der Waals surface area contributed by atoms with E-state index in [2.05, 4.69) is 5.32 Å². The lowest BCUT2D eigenvalue weighted by Gasteiger charge is -2.34. The van der Waals surface area contributed by atoms with Crippen LogP contribution in [0.4, 0.5) is 5.69 Å². The summed E-state index contributed by atoms with van der Waals surface area (Å²) in [6, 6.07) is 6.54. The van der Waals surface area contributed by atoms with E-state index in [4.69, 9.17) is 14.7 Å². The summed E-state index contributed by atoms with van der Waals surface area (Å²) in [5.74, 6) is -0.528. The second-order valence-corrected chi connectivity index (χ2v) is 5.63. The van der Waals surface area contributed by atoms with E-state index in [9.17, 15) is 9.59 Å². The highest BCUT2D eigenvalue weighted by Crippen LogP contribution is 2.32. The first-order chi connectivity index (χ1) is 11.0. The summed E-state index contributed by atoms with van der Waals surface area (Å²) in [7, 11) is 1.55. The van der Waals surface area contributed by atoms with Crippen molar-refractivity contribution in [3.8, 4) is 11.8 Å². The first-order valence-corrected chi connectivity index (χ1v) is 7.60. The summed E-state index contributed by atoms with van der Waals surface area (Å²) in [6.45, 7) is 1.27. The van der Waals surface area contributed by atoms with Crippen molar-refractivity contribution in [2.24, 2.45) is 0 Å². The monoisotopic (exact) mass is 316 g/mol. The highest BCUT2D eigenvalue weighted by Gasteiger charge is 2.39. The Morgan fingerprint density at radius 1 is 1.26 bits per heavy atom. The van der Waals surface area contributed by atoms with Gasteiger partial charge in [0.2, 0.25) is 0 Å². The molecule has 1 amide bonds. The molecule has 0 heterocycles. The van der Waals surface area contributed by atoms with E-state index in [0.29, 0.717) is 18.5 Å². The normalized spacial score (nSPS) is 16.2. The number of hydrogen-bond donors (Lipinski definition) is 1. The summed E-state index contributed by atoms with van der Waals surface area (Å²) in [4.78, 5) is 23.6.